The van der Waals surface area contributed by atoms with Gasteiger partial charge in [-0.3, -0.25) is 9.59 Å². The molecule has 0 aromatic heterocycles. The zero-order valence-corrected chi connectivity index (χ0v) is 35.6. The lowest BCUT2D eigenvalue weighted by atomic mass is 10.0. The Kier molecular flexibility index (Phi) is 40.3. The first-order valence-corrected chi connectivity index (χ1v) is 22.9. The maximum atomic E-state index is 13.1. The van der Waals surface area contributed by atoms with Crippen LogP contribution in [-0.2, 0) is 14.3 Å². The standard InChI is InChI=1S/C48H87NO5/c1-4-7-10-13-16-19-22-23-24-26-29-32-35-38-41-48(53)54-44(39-36-33-30-27-25-20-17-14-11-8-5-2)42-47(52)49-45(43-50)46(51)40-37-34-31-28-21-18-15-12-9-6-3/h8,11,14,17,20,25,27,30,44-46,50-51H,4-7,9-10,12-13,15-16,18-19,21-24,26,28-29,31-43H2,1-3H3,(H,49,52)/b11-8+,17-14+,25-20-,30-27-. The normalized spacial score (nSPS) is 13.8. The van der Waals surface area contributed by atoms with Crippen molar-refractivity contribution in [1.29, 1.82) is 0 Å². The summed E-state index contributed by atoms with van der Waals surface area (Å²) in [6.07, 6.45) is 48.9. The molecular formula is C48H87NO5. The minimum absolute atomic E-state index is 0.0334. The quantitative estimate of drug-likeness (QED) is 0.0329. The second-order valence-corrected chi connectivity index (χ2v) is 15.5. The highest BCUT2D eigenvalue weighted by Crippen LogP contribution is 2.17. The van der Waals surface area contributed by atoms with E-state index in [1.165, 1.54) is 116 Å². The molecular weight excluding hydrogens is 671 g/mol. The molecule has 3 atom stereocenters. The smallest absolute Gasteiger partial charge is 0.306 e. The Morgan fingerprint density at radius 1 is 0.556 bits per heavy atom. The zero-order chi connectivity index (χ0) is 39.6. The van der Waals surface area contributed by atoms with Crippen molar-refractivity contribution in [1.82, 2.24) is 5.32 Å². The number of carbonyl (C=O) groups is 2. The molecule has 54 heavy (non-hydrogen) atoms. The van der Waals surface area contributed by atoms with Gasteiger partial charge in [-0.05, 0) is 38.5 Å². The summed E-state index contributed by atoms with van der Waals surface area (Å²) in [5.74, 6) is -0.540. The van der Waals surface area contributed by atoms with E-state index in [9.17, 15) is 19.8 Å². The highest BCUT2D eigenvalue weighted by atomic mass is 16.5. The predicted octanol–water partition coefficient (Wildman–Crippen LogP) is 13.1. The second-order valence-electron chi connectivity index (χ2n) is 15.5. The molecule has 0 aliphatic rings. The number of nitrogens with one attached hydrogen (secondary N) is 1. The maximum Gasteiger partial charge on any atom is 0.306 e. The first-order chi connectivity index (χ1) is 26.5. The predicted molar refractivity (Wildman–Crippen MR) is 232 cm³/mol. The third kappa shape index (κ3) is 36.8. The van der Waals surface area contributed by atoms with Crippen LogP contribution in [0.4, 0.5) is 0 Å². The summed E-state index contributed by atoms with van der Waals surface area (Å²) in [4.78, 5) is 25.9. The fraction of sp³-hybridized carbons (Fsp3) is 0.792. The molecule has 0 heterocycles. The van der Waals surface area contributed by atoms with E-state index in [0.29, 0.717) is 19.3 Å². The first kappa shape index (κ1) is 51.8. The van der Waals surface area contributed by atoms with Crippen LogP contribution in [0.25, 0.3) is 0 Å². The SMILES string of the molecule is CC/C=C/C=C/C=C\C=C/CCCC(CC(=O)NC(CO)C(O)CCCCCCCCCCCC)OC(=O)CCCCCCCCCCCCCCCC. The van der Waals surface area contributed by atoms with E-state index in [1.54, 1.807) is 0 Å². The molecule has 0 fully saturated rings. The summed E-state index contributed by atoms with van der Waals surface area (Å²) in [5.41, 5.74) is 0. The highest BCUT2D eigenvalue weighted by Gasteiger charge is 2.24. The van der Waals surface area contributed by atoms with Gasteiger partial charge in [-0.25, -0.2) is 0 Å². The zero-order valence-electron chi connectivity index (χ0n) is 35.6. The van der Waals surface area contributed by atoms with E-state index in [4.69, 9.17) is 4.74 Å². The lowest BCUT2D eigenvalue weighted by Gasteiger charge is -2.24. The van der Waals surface area contributed by atoms with E-state index in [-0.39, 0.29) is 24.9 Å². The lowest BCUT2D eigenvalue weighted by Crippen LogP contribution is -2.46. The molecule has 0 radical (unpaired) electrons. The molecule has 0 saturated carbocycles. The van der Waals surface area contributed by atoms with E-state index in [1.807, 2.05) is 36.5 Å². The van der Waals surface area contributed by atoms with Crippen LogP contribution in [0.15, 0.2) is 48.6 Å². The molecule has 0 aliphatic carbocycles. The van der Waals surface area contributed by atoms with Crippen LogP contribution in [0.5, 0.6) is 0 Å². The molecule has 0 aromatic carbocycles. The van der Waals surface area contributed by atoms with Crippen LogP contribution in [0, 0.1) is 0 Å². The third-order valence-corrected chi connectivity index (χ3v) is 10.3. The Morgan fingerprint density at radius 2 is 1.00 bits per heavy atom. The number of ether oxygens (including phenoxy) is 1. The van der Waals surface area contributed by atoms with E-state index >= 15 is 0 Å². The van der Waals surface area contributed by atoms with E-state index in [0.717, 1.165) is 57.8 Å². The van der Waals surface area contributed by atoms with Crippen LogP contribution >= 0.6 is 0 Å². The highest BCUT2D eigenvalue weighted by molar-refractivity contribution is 5.77. The van der Waals surface area contributed by atoms with Gasteiger partial charge in [0, 0.05) is 6.42 Å². The molecule has 0 aliphatic heterocycles. The number of aliphatic hydroxyl groups excluding tert-OH is 2. The van der Waals surface area contributed by atoms with Crippen LogP contribution in [-0.4, -0.2) is 46.9 Å². The number of carbonyl (C=O) groups excluding carboxylic acids is 2. The van der Waals surface area contributed by atoms with Crippen molar-refractivity contribution in [2.75, 3.05) is 6.61 Å². The van der Waals surface area contributed by atoms with Crippen molar-refractivity contribution < 1.29 is 24.5 Å². The Balaban J connectivity index is 4.64. The van der Waals surface area contributed by atoms with Gasteiger partial charge in [0.2, 0.25) is 5.91 Å². The molecule has 0 spiro atoms. The summed E-state index contributed by atoms with van der Waals surface area (Å²) >= 11 is 0. The van der Waals surface area contributed by atoms with Gasteiger partial charge < -0.3 is 20.3 Å². The minimum atomic E-state index is -0.801. The number of amides is 1. The molecule has 3 N–H and O–H groups in total. The van der Waals surface area contributed by atoms with Crippen molar-refractivity contribution in [3.05, 3.63) is 48.6 Å². The molecule has 0 aromatic rings. The third-order valence-electron chi connectivity index (χ3n) is 10.3. The number of rotatable bonds is 40. The molecule has 0 rings (SSSR count). The lowest BCUT2D eigenvalue weighted by molar-refractivity contribution is -0.151. The first-order valence-electron chi connectivity index (χ1n) is 22.9. The van der Waals surface area contributed by atoms with Crippen LogP contribution in [0.3, 0.4) is 0 Å². The van der Waals surface area contributed by atoms with Gasteiger partial charge in [-0.2, -0.15) is 0 Å². The number of hydrogen-bond donors (Lipinski definition) is 3. The molecule has 3 unspecified atom stereocenters. The van der Waals surface area contributed by atoms with Gasteiger partial charge in [0.15, 0.2) is 0 Å². The summed E-state index contributed by atoms with van der Waals surface area (Å²) in [6, 6.07) is -0.718. The fourth-order valence-corrected chi connectivity index (χ4v) is 6.80. The van der Waals surface area contributed by atoms with Gasteiger partial charge in [0.1, 0.15) is 6.10 Å². The van der Waals surface area contributed by atoms with Gasteiger partial charge in [-0.15, -0.1) is 0 Å². The average molecular weight is 758 g/mol. The average Bonchev–Trinajstić information content (AvgIpc) is 3.16. The topological polar surface area (TPSA) is 95.9 Å². The van der Waals surface area contributed by atoms with E-state index < -0.39 is 18.2 Å². The van der Waals surface area contributed by atoms with Crippen molar-refractivity contribution in [2.45, 2.75) is 238 Å². The molecule has 6 heteroatoms. The van der Waals surface area contributed by atoms with Crippen molar-refractivity contribution in [3.8, 4) is 0 Å². The largest absolute Gasteiger partial charge is 0.462 e. The number of aliphatic hydroxyl groups is 2. The number of hydrogen-bond acceptors (Lipinski definition) is 5. The molecule has 6 nitrogen and oxygen atoms in total. The van der Waals surface area contributed by atoms with Crippen LogP contribution in [0.2, 0.25) is 0 Å². The maximum absolute atomic E-state index is 13.1. The van der Waals surface area contributed by atoms with Crippen LogP contribution < -0.4 is 5.32 Å². The summed E-state index contributed by atoms with van der Waals surface area (Å²) in [5, 5.41) is 23.6. The Morgan fingerprint density at radius 3 is 1.48 bits per heavy atom. The molecule has 0 bridgehead atoms. The Labute approximate surface area is 334 Å². The molecule has 1 amide bonds. The number of allylic oxidation sites excluding steroid dienone is 8. The second kappa shape index (κ2) is 42.0. The van der Waals surface area contributed by atoms with Gasteiger partial charge >= 0.3 is 5.97 Å². The number of unbranched alkanes of at least 4 members (excludes halogenated alkanes) is 23. The Hall–Kier alpha value is -2.18. The monoisotopic (exact) mass is 758 g/mol. The summed E-state index contributed by atoms with van der Waals surface area (Å²) in [7, 11) is 0. The Bertz CT molecular complexity index is 941. The molecule has 0 saturated heterocycles. The van der Waals surface area contributed by atoms with Crippen molar-refractivity contribution >= 4 is 11.9 Å². The fourth-order valence-electron chi connectivity index (χ4n) is 6.80. The van der Waals surface area contributed by atoms with Crippen molar-refractivity contribution in [2.24, 2.45) is 0 Å². The van der Waals surface area contributed by atoms with Gasteiger partial charge in [0.05, 0.1) is 25.2 Å². The van der Waals surface area contributed by atoms with Crippen LogP contribution in [0.1, 0.15) is 220 Å². The minimum Gasteiger partial charge on any atom is -0.462 e. The van der Waals surface area contributed by atoms with Gasteiger partial charge in [-0.1, -0.05) is 217 Å². The van der Waals surface area contributed by atoms with Crippen molar-refractivity contribution in [3.63, 3.8) is 0 Å². The number of esters is 1. The molecule has 314 valence electrons. The van der Waals surface area contributed by atoms with Gasteiger partial charge in [0.25, 0.3) is 0 Å². The van der Waals surface area contributed by atoms with E-state index in [2.05, 4.69) is 38.2 Å². The summed E-state index contributed by atoms with van der Waals surface area (Å²) < 4.78 is 5.86. The summed E-state index contributed by atoms with van der Waals surface area (Å²) in [6.45, 7) is 6.30.